The molecule has 28 heavy (non-hydrogen) atoms. The van der Waals surface area contributed by atoms with E-state index in [9.17, 15) is 18.0 Å². The predicted octanol–water partition coefficient (Wildman–Crippen LogP) is 4.05. The van der Waals surface area contributed by atoms with Crippen LogP contribution >= 0.6 is 0 Å². The van der Waals surface area contributed by atoms with Crippen molar-refractivity contribution >= 4 is 17.5 Å². The fourth-order valence-corrected chi connectivity index (χ4v) is 3.00. The van der Waals surface area contributed by atoms with E-state index in [2.05, 4.69) is 10.5 Å². The zero-order valence-electron chi connectivity index (χ0n) is 15.3. The largest absolute Gasteiger partial charge is 0.460 e. The maximum atomic E-state index is 12.9. The van der Waals surface area contributed by atoms with E-state index in [1.165, 1.54) is 17.7 Å². The molecule has 0 spiro atoms. The van der Waals surface area contributed by atoms with Crippen LogP contribution in [0.1, 0.15) is 23.6 Å². The molecule has 8 heteroatoms. The van der Waals surface area contributed by atoms with E-state index < -0.39 is 17.7 Å². The summed E-state index contributed by atoms with van der Waals surface area (Å²) in [5, 5.41) is 4.08. The van der Waals surface area contributed by atoms with Gasteiger partial charge in [0.15, 0.2) is 0 Å². The molecule has 1 aliphatic heterocycles. The van der Waals surface area contributed by atoms with Crippen molar-refractivity contribution in [2.45, 2.75) is 26.1 Å². The molecule has 5 nitrogen and oxygen atoms in total. The van der Waals surface area contributed by atoms with Gasteiger partial charge < -0.3 is 9.64 Å². The lowest BCUT2D eigenvalue weighted by atomic mass is 10.00. The van der Waals surface area contributed by atoms with Crippen LogP contribution in [0.15, 0.2) is 53.6 Å². The number of alkyl halides is 3. The fraction of sp³-hybridized carbons (Fsp3) is 0.300. The molecule has 0 saturated carbocycles. The molecule has 2 aromatic carbocycles. The first-order valence-electron chi connectivity index (χ1n) is 8.88. The highest BCUT2D eigenvalue weighted by atomic mass is 19.4. The number of hydrazone groups is 1. The average Bonchev–Trinajstić information content (AvgIpc) is 2.68. The number of benzene rings is 2. The molecule has 0 unspecified atom stereocenters. The van der Waals surface area contributed by atoms with E-state index >= 15 is 0 Å². The van der Waals surface area contributed by atoms with E-state index in [0.717, 1.165) is 24.1 Å². The standard InChI is InChI=1S/C20H20F3N3O2/c1-2-28-19(27)18(26-11-10-14-6-3-4-7-15(14)13-26)25-24-17-9-5-8-16(12-17)20(21,22)23/h3-9,12,24H,2,10-11,13H2,1H3. The van der Waals surface area contributed by atoms with Crippen LogP contribution in [0, 0.1) is 0 Å². The lowest BCUT2D eigenvalue weighted by Crippen LogP contribution is -2.41. The van der Waals surface area contributed by atoms with Crippen LogP contribution in [0.5, 0.6) is 0 Å². The molecule has 148 valence electrons. The Morgan fingerprint density at radius 3 is 2.64 bits per heavy atom. The van der Waals surface area contributed by atoms with Gasteiger partial charge in [-0.05, 0) is 42.7 Å². The van der Waals surface area contributed by atoms with E-state index in [-0.39, 0.29) is 18.1 Å². The van der Waals surface area contributed by atoms with E-state index in [1.807, 2.05) is 24.3 Å². The van der Waals surface area contributed by atoms with Gasteiger partial charge in [-0.1, -0.05) is 30.3 Å². The molecule has 0 aromatic heterocycles. The van der Waals surface area contributed by atoms with Gasteiger partial charge in [-0.15, -0.1) is 5.10 Å². The van der Waals surface area contributed by atoms with Crippen LogP contribution in [-0.2, 0) is 28.7 Å². The molecule has 1 heterocycles. The highest BCUT2D eigenvalue weighted by Gasteiger charge is 2.30. The van der Waals surface area contributed by atoms with Crippen LogP contribution in [0.3, 0.4) is 0 Å². The van der Waals surface area contributed by atoms with Crippen molar-refractivity contribution < 1.29 is 22.7 Å². The first kappa shape index (κ1) is 19.7. The van der Waals surface area contributed by atoms with E-state index in [1.54, 1.807) is 11.8 Å². The second kappa shape index (κ2) is 8.33. The minimum atomic E-state index is -4.46. The Morgan fingerprint density at radius 2 is 1.93 bits per heavy atom. The number of amidine groups is 1. The molecule has 0 fully saturated rings. The van der Waals surface area contributed by atoms with Crippen LogP contribution < -0.4 is 5.43 Å². The van der Waals surface area contributed by atoms with Crippen LogP contribution in [0.4, 0.5) is 18.9 Å². The number of anilines is 1. The maximum absolute atomic E-state index is 12.9. The second-order valence-corrected chi connectivity index (χ2v) is 6.29. The Hall–Kier alpha value is -3.03. The average molecular weight is 391 g/mol. The van der Waals surface area contributed by atoms with Crippen LogP contribution in [0.25, 0.3) is 0 Å². The van der Waals surface area contributed by atoms with Crippen LogP contribution in [0.2, 0.25) is 0 Å². The molecule has 3 rings (SSSR count). The number of halogens is 3. The molecule has 1 N–H and O–H groups in total. The Labute approximate surface area is 160 Å². The molecule has 0 atom stereocenters. The number of hydrogen-bond acceptors (Lipinski definition) is 4. The summed E-state index contributed by atoms with van der Waals surface area (Å²) in [6, 6.07) is 12.5. The minimum absolute atomic E-state index is 0.0359. The first-order chi connectivity index (χ1) is 13.4. The van der Waals surface area contributed by atoms with Gasteiger partial charge in [0.25, 0.3) is 0 Å². The summed E-state index contributed by atoms with van der Waals surface area (Å²) in [6.07, 6.45) is -3.72. The lowest BCUT2D eigenvalue weighted by molar-refractivity contribution is -0.138. The summed E-state index contributed by atoms with van der Waals surface area (Å²) in [7, 11) is 0. The monoisotopic (exact) mass is 391 g/mol. The molecule has 1 aliphatic rings. The summed E-state index contributed by atoms with van der Waals surface area (Å²) in [5.41, 5.74) is 4.18. The first-order valence-corrected chi connectivity index (χ1v) is 8.88. The normalized spacial score (nSPS) is 14.4. The smallest absolute Gasteiger partial charge is 0.416 e. The third-order valence-corrected chi connectivity index (χ3v) is 4.37. The molecular weight excluding hydrogens is 371 g/mol. The molecule has 0 aliphatic carbocycles. The van der Waals surface area contributed by atoms with Crippen LogP contribution in [-0.4, -0.2) is 29.9 Å². The molecular formula is C20H20F3N3O2. The van der Waals surface area contributed by atoms with Gasteiger partial charge in [0, 0.05) is 13.1 Å². The van der Waals surface area contributed by atoms with Crippen molar-refractivity contribution in [3.63, 3.8) is 0 Å². The number of carbonyl (C=O) groups excluding carboxylic acids is 1. The number of esters is 1. The summed E-state index contributed by atoms with van der Waals surface area (Å²) in [4.78, 5) is 14.2. The fourth-order valence-electron chi connectivity index (χ4n) is 3.00. The number of nitrogens with zero attached hydrogens (tertiary/aromatic N) is 2. The Bertz CT molecular complexity index is 881. The topological polar surface area (TPSA) is 53.9 Å². The number of hydrogen-bond donors (Lipinski definition) is 1. The van der Waals surface area contributed by atoms with Gasteiger partial charge in [0.1, 0.15) is 0 Å². The molecule has 0 bridgehead atoms. The van der Waals surface area contributed by atoms with Gasteiger partial charge in [-0.3, -0.25) is 5.43 Å². The summed E-state index contributed by atoms with van der Waals surface area (Å²) in [6.45, 7) is 2.88. The Kier molecular flexibility index (Phi) is 5.87. The predicted molar refractivity (Wildman–Crippen MR) is 99.7 cm³/mol. The Morgan fingerprint density at radius 1 is 1.18 bits per heavy atom. The zero-order chi connectivity index (χ0) is 20.1. The van der Waals surface area contributed by atoms with Crippen molar-refractivity contribution in [3.8, 4) is 0 Å². The van der Waals surface area contributed by atoms with Gasteiger partial charge >= 0.3 is 12.1 Å². The summed E-state index contributed by atoms with van der Waals surface area (Å²) in [5.74, 6) is -0.588. The number of ether oxygens (including phenoxy) is 1. The van der Waals surface area contributed by atoms with E-state index in [4.69, 9.17) is 4.74 Å². The molecule has 0 saturated heterocycles. The quantitative estimate of drug-likeness (QED) is 0.371. The van der Waals surface area contributed by atoms with Gasteiger partial charge in [0.05, 0.1) is 17.9 Å². The minimum Gasteiger partial charge on any atom is -0.460 e. The summed E-state index contributed by atoms with van der Waals surface area (Å²) < 4.78 is 43.7. The Balaban J connectivity index is 1.84. The zero-order valence-corrected chi connectivity index (χ0v) is 15.3. The maximum Gasteiger partial charge on any atom is 0.416 e. The van der Waals surface area contributed by atoms with Crippen molar-refractivity contribution in [2.24, 2.45) is 5.10 Å². The van der Waals surface area contributed by atoms with Crippen molar-refractivity contribution in [1.29, 1.82) is 0 Å². The van der Waals surface area contributed by atoms with Crippen molar-refractivity contribution in [2.75, 3.05) is 18.6 Å². The molecule has 0 amide bonds. The third-order valence-electron chi connectivity index (χ3n) is 4.37. The number of rotatable bonds is 3. The van der Waals surface area contributed by atoms with Crippen molar-refractivity contribution in [3.05, 3.63) is 65.2 Å². The molecule has 0 radical (unpaired) electrons. The highest BCUT2D eigenvalue weighted by molar-refractivity contribution is 6.35. The van der Waals surface area contributed by atoms with Gasteiger partial charge in [-0.2, -0.15) is 13.2 Å². The van der Waals surface area contributed by atoms with E-state index in [0.29, 0.717) is 13.1 Å². The SMILES string of the molecule is CCOC(=O)C(=NNc1cccc(C(F)(F)F)c1)N1CCc2ccccc2C1. The second-order valence-electron chi connectivity index (χ2n) is 6.29. The van der Waals surface area contributed by atoms with Gasteiger partial charge in [-0.25, -0.2) is 4.79 Å². The number of fused-ring (bicyclic) bond motifs is 1. The third kappa shape index (κ3) is 4.62. The molecule has 2 aromatic rings. The lowest BCUT2D eigenvalue weighted by Gasteiger charge is -2.30. The number of nitrogens with one attached hydrogen (secondary N) is 1. The number of carbonyl (C=O) groups is 1. The van der Waals surface area contributed by atoms with Crippen molar-refractivity contribution in [1.82, 2.24) is 4.90 Å². The van der Waals surface area contributed by atoms with Gasteiger partial charge in [0.2, 0.25) is 5.84 Å². The highest BCUT2D eigenvalue weighted by Crippen LogP contribution is 2.30. The summed E-state index contributed by atoms with van der Waals surface area (Å²) >= 11 is 0.